The Morgan fingerprint density at radius 1 is 1.08 bits per heavy atom. The predicted molar refractivity (Wildman–Crippen MR) is 145 cm³/mol. The molecule has 2 saturated heterocycles. The summed E-state index contributed by atoms with van der Waals surface area (Å²) < 4.78 is 2.09. The number of likely N-dealkylation sites (N-methyl/N-ethyl adjacent to an activating group) is 1. The minimum absolute atomic E-state index is 0.0293. The van der Waals surface area contributed by atoms with Crippen LogP contribution in [0.2, 0.25) is 5.02 Å². The van der Waals surface area contributed by atoms with Crippen molar-refractivity contribution < 1.29 is 9.59 Å². The van der Waals surface area contributed by atoms with Crippen molar-refractivity contribution in [3.05, 3.63) is 53.3 Å². The highest BCUT2D eigenvalue weighted by molar-refractivity contribution is 6.30. The van der Waals surface area contributed by atoms with Gasteiger partial charge in [-0.25, -0.2) is 0 Å². The fourth-order valence-electron chi connectivity index (χ4n) is 6.69. The molecule has 2 aromatic rings. The molecule has 3 heterocycles. The van der Waals surface area contributed by atoms with Crippen molar-refractivity contribution in [1.82, 2.24) is 24.9 Å². The SMILES string of the molecule is CN1CCC1C(=O)NC(Cc1ccc(Cl)cc1)C(=O)N1CCC(Cn2cccn2)(C2CCCCC2)CC1. The maximum atomic E-state index is 13.9. The summed E-state index contributed by atoms with van der Waals surface area (Å²) in [6, 6.07) is 8.85. The molecule has 3 fully saturated rings. The minimum Gasteiger partial charge on any atom is -0.343 e. The van der Waals surface area contributed by atoms with Crippen molar-refractivity contribution in [2.75, 3.05) is 26.7 Å². The molecule has 8 heteroatoms. The van der Waals surface area contributed by atoms with Gasteiger partial charge < -0.3 is 10.2 Å². The number of rotatable bonds is 8. The van der Waals surface area contributed by atoms with Crippen LogP contribution in [0, 0.1) is 11.3 Å². The van der Waals surface area contributed by atoms with Gasteiger partial charge in [-0.05, 0) is 74.2 Å². The van der Waals surface area contributed by atoms with Gasteiger partial charge >= 0.3 is 0 Å². The van der Waals surface area contributed by atoms with Crippen molar-refractivity contribution in [2.45, 2.75) is 76.4 Å². The van der Waals surface area contributed by atoms with E-state index in [-0.39, 0.29) is 23.3 Å². The number of halogens is 1. The Kier molecular flexibility index (Phi) is 8.20. The predicted octanol–water partition coefficient (Wildman–Crippen LogP) is 4.16. The van der Waals surface area contributed by atoms with Gasteiger partial charge in [0.1, 0.15) is 6.04 Å². The fraction of sp³-hybridized carbons (Fsp3) is 0.621. The van der Waals surface area contributed by atoms with Crippen LogP contribution in [0.15, 0.2) is 42.7 Å². The molecule has 0 radical (unpaired) electrons. The molecule has 3 aliphatic rings. The summed E-state index contributed by atoms with van der Waals surface area (Å²) in [5.74, 6) is 0.663. The molecule has 2 unspecified atom stereocenters. The summed E-state index contributed by atoms with van der Waals surface area (Å²) in [4.78, 5) is 30.9. The van der Waals surface area contributed by atoms with Crippen molar-refractivity contribution in [1.29, 1.82) is 0 Å². The number of nitrogens with zero attached hydrogens (tertiary/aromatic N) is 4. The molecule has 1 aromatic heterocycles. The minimum atomic E-state index is -0.573. The molecular weight excluding hydrogens is 486 g/mol. The quantitative estimate of drug-likeness (QED) is 0.562. The van der Waals surface area contributed by atoms with E-state index in [2.05, 4.69) is 21.3 Å². The molecule has 5 rings (SSSR count). The van der Waals surface area contributed by atoms with Crippen molar-refractivity contribution in [3.63, 3.8) is 0 Å². The largest absolute Gasteiger partial charge is 0.343 e. The van der Waals surface area contributed by atoms with Crippen LogP contribution in [0.1, 0.15) is 56.9 Å². The second-order valence-corrected chi connectivity index (χ2v) is 11.8. The van der Waals surface area contributed by atoms with E-state index in [0.717, 1.165) is 51.0 Å². The van der Waals surface area contributed by atoms with E-state index < -0.39 is 6.04 Å². The zero-order valence-corrected chi connectivity index (χ0v) is 22.7. The van der Waals surface area contributed by atoms with E-state index in [1.54, 1.807) is 0 Å². The number of amides is 2. The molecule has 2 aliphatic heterocycles. The van der Waals surface area contributed by atoms with Gasteiger partial charge in [0, 0.05) is 50.0 Å². The average Bonchev–Trinajstić information content (AvgIpc) is 3.42. The van der Waals surface area contributed by atoms with Crippen LogP contribution in [0.25, 0.3) is 0 Å². The van der Waals surface area contributed by atoms with Gasteiger partial charge in [0.15, 0.2) is 0 Å². The van der Waals surface area contributed by atoms with Crippen LogP contribution >= 0.6 is 11.6 Å². The number of aromatic nitrogens is 2. The summed E-state index contributed by atoms with van der Waals surface area (Å²) in [6.07, 6.45) is 13.7. The number of likely N-dealkylation sites (tertiary alicyclic amines) is 2. The summed E-state index contributed by atoms with van der Waals surface area (Å²) in [7, 11) is 1.96. The van der Waals surface area contributed by atoms with Gasteiger partial charge in [0.25, 0.3) is 0 Å². The van der Waals surface area contributed by atoms with Crippen LogP contribution in [0.4, 0.5) is 0 Å². The summed E-state index contributed by atoms with van der Waals surface area (Å²) in [6.45, 7) is 3.30. The normalized spacial score (nSPS) is 23.3. The molecule has 37 heavy (non-hydrogen) atoms. The smallest absolute Gasteiger partial charge is 0.245 e. The van der Waals surface area contributed by atoms with Gasteiger partial charge in [-0.1, -0.05) is 43.0 Å². The Morgan fingerprint density at radius 3 is 2.41 bits per heavy atom. The Hall–Kier alpha value is -2.38. The molecule has 0 bridgehead atoms. The molecule has 1 aliphatic carbocycles. The van der Waals surface area contributed by atoms with E-state index in [1.165, 1.54) is 32.1 Å². The highest BCUT2D eigenvalue weighted by Crippen LogP contribution is 2.47. The van der Waals surface area contributed by atoms with Crippen LogP contribution in [0.3, 0.4) is 0 Å². The lowest BCUT2D eigenvalue weighted by Gasteiger charge is -2.48. The van der Waals surface area contributed by atoms with E-state index in [9.17, 15) is 9.59 Å². The zero-order chi connectivity index (χ0) is 25.8. The third-order valence-electron chi connectivity index (χ3n) is 9.14. The van der Waals surface area contributed by atoms with Crippen molar-refractivity contribution in [2.24, 2.45) is 11.3 Å². The van der Waals surface area contributed by atoms with Gasteiger partial charge in [0.05, 0.1) is 6.04 Å². The first kappa shape index (κ1) is 26.2. The summed E-state index contributed by atoms with van der Waals surface area (Å²) in [5, 5.41) is 8.31. The van der Waals surface area contributed by atoms with Crippen LogP contribution in [-0.4, -0.2) is 70.2 Å². The first-order valence-corrected chi connectivity index (χ1v) is 14.3. The summed E-state index contributed by atoms with van der Waals surface area (Å²) in [5.41, 5.74) is 1.17. The average molecular weight is 526 g/mol. The van der Waals surface area contributed by atoms with Crippen LogP contribution in [-0.2, 0) is 22.6 Å². The molecule has 2 atom stereocenters. The fourth-order valence-corrected chi connectivity index (χ4v) is 6.82. The zero-order valence-electron chi connectivity index (χ0n) is 21.9. The maximum absolute atomic E-state index is 13.9. The van der Waals surface area contributed by atoms with Gasteiger partial charge in [-0.2, -0.15) is 5.10 Å². The lowest BCUT2D eigenvalue weighted by atomic mass is 9.63. The van der Waals surface area contributed by atoms with Crippen molar-refractivity contribution in [3.8, 4) is 0 Å². The highest BCUT2D eigenvalue weighted by Gasteiger charge is 2.44. The molecule has 1 saturated carbocycles. The van der Waals surface area contributed by atoms with E-state index in [1.807, 2.05) is 53.4 Å². The molecular formula is C29H40ClN5O2. The molecule has 0 spiro atoms. The lowest BCUT2D eigenvalue weighted by Crippen LogP contribution is -2.59. The molecule has 1 aromatic carbocycles. The first-order valence-electron chi connectivity index (χ1n) is 13.9. The third kappa shape index (κ3) is 6.04. The first-order chi connectivity index (χ1) is 17.9. The Balaban J connectivity index is 1.29. The number of carbonyl (C=O) groups excluding carboxylic acids is 2. The molecule has 1 N–H and O–H groups in total. The van der Waals surface area contributed by atoms with E-state index >= 15 is 0 Å². The second-order valence-electron chi connectivity index (χ2n) is 11.4. The Bertz CT molecular complexity index is 1040. The molecule has 200 valence electrons. The second kappa shape index (κ2) is 11.6. The summed E-state index contributed by atoms with van der Waals surface area (Å²) >= 11 is 6.09. The van der Waals surface area contributed by atoms with Gasteiger partial charge in [-0.15, -0.1) is 0 Å². The number of hydrogen-bond donors (Lipinski definition) is 1. The number of carbonyl (C=O) groups is 2. The number of piperidine rings is 1. The maximum Gasteiger partial charge on any atom is 0.245 e. The molecule has 7 nitrogen and oxygen atoms in total. The lowest BCUT2D eigenvalue weighted by molar-refractivity contribution is -0.141. The standard InChI is InChI=1S/C29H40ClN5O2/c1-33-17-12-26(33)27(36)32-25(20-22-8-10-24(30)11-9-22)28(37)34-18-13-29(14-19-34,21-35-16-5-15-31-35)23-6-3-2-4-7-23/h5,8-11,15-16,23,25-26H,2-4,6-7,12-14,17-21H2,1H3,(H,32,36). The monoisotopic (exact) mass is 525 g/mol. The van der Waals surface area contributed by atoms with Gasteiger partial charge in [-0.3, -0.25) is 19.2 Å². The third-order valence-corrected chi connectivity index (χ3v) is 9.39. The molecule has 2 amide bonds. The van der Waals surface area contributed by atoms with Gasteiger partial charge in [0.2, 0.25) is 11.8 Å². The number of benzene rings is 1. The van der Waals surface area contributed by atoms with Crippen LogP contribution in [0.5, 0.6) is 0 Å². The van der Waals surface area contributed by atoms with Crippen LogP contribution < -0.4 is 5.32 Å². The Labute approximate surface area is 225 Å². The number of hydrogen-bond acceptors (Lipinski definition) is 4. The highest BCUT2D eigenvalue weighted by atomic mass is 35.5. The number of nitrogens with one attached hydrogen (secondary N) is 1. The van der Waals surface area contributed by atoms with E-state index in [4.69, 9.17) is 11.6 Å². The van der Waals surface area contributed by atoms with E-state index in [0.29, 0.717) is 17.4 Å². The topological polar surface area (TPSA) is 70.5 Å². The Morgan fingerprint density at radius 2 is 1.81 bits per heavy atom. The van der Waals surface area contributed by atoms with Crippen molar-refractivity contribution >= 4 is 23.4 Å².